The zero-order chi connectivity index (χ0) is 19.5. The molecule has 28 heavy (non-hydrogen) atoms. The molecule has 0 bridgehead atoms. The molecular weight excluding hydrogens is 354 g/mol. The van der Waals surface area contributed by atoms with E-state index < -0.39 is 0 Å². The predicted molar refractivity (Wildman–Crippen MR) is 106 cm³/mol. The summed E-state index contributed by atoms with van der Waals surface area (Å²) in [4.78, 5) is 19.2. The molecule has 0 aliphatic carbocycles. The Bertz CT molecular complexity index is 979. The summed E-state index contributed by atoms with van der Waals surface area (Å²) in [5.74, 6) is 1.79. The van der Waals surface area contributed by atoms with E-state index in [0.717, 1.165) is 30.6 Å². The third-order valence-electron chi connectivity index (χ3n) is 4.95. The zero-order valence-corrected chi connectivity index (χ0v) is 16.1. The Hall–Kier alpha value is -3.15. The number of carbonyl (C=O) groups is 1. The second kappa shape index (κ2) is 7.84. The fourth-order valence-corrected chi connectivity index (χ4v) is 3.54. The standard InChI is InChI=1S/C22H23N3O3/c1-3-20-23-19(24-28-20)14-27-18-11-9-17(10-12-18)22(26)25-13-5-8-16-7-4-6-15(2)21(16)25/h4,6-7,9-12H,3,5,8,13-14H2,1-2H3. The van der Waals surface area contributed by atoms with Crippen LogP contribution in [0.15, 0.2) is 47.0 Å². The van der Waals surface area contributed by atoms with Gasteiger partial charge in [0.2, 0.25) is 11.7 Å². The topological polar surface area (TPSA) is 68.5 Å². The maximum absolute atomic E-state index is 13.1. The first-order valence-corrected chi connectivity index (χ1v) is 9.60. The maximum Gasteiger partial charge on any atom is 0.258 e. The van der Waals surface area contributed by atoms with Gasteiger partial charge in [-0.05, 0) is 55.2 Å². The lowest BCUT2D eigenvalue weighted by molar-refractivity contribution is 0.0985. The number of para-hydroxylation sites is 1. The lowest BCUT2D eigenvalue weighted by Gasteiger charge is -2.31. The first-order chi connectivity index (χ1) is 13.7. The highest BCUT2D eigenvalue weighted by Crippen LogP contribution is 2.31. The van der Waals surface area contributed by atoms with Crippen molar-refractivity contribution in [3.8, 4) is 5.75 Å². The van der Waals surface area contributed by atoms with Crippen LogP contribution in [0, 0.1) is 6.92 Å². The average molecular weight is 377 g/mol. The molecule has 0 saturated heterocycles. The number of amides is 1. The van der Waals surface area contributed by atoms with Gasteiger partial charge in [-0.15, -0.1) is 0 Å². The molecule has 0 spiro atoms. The van der Waals surface area contributed by atoms with Gasteiger partial charge < -0.3 is 14.2 Å². The third-order valence-corrected chi connectivity index (χ3v) is 4.95. The Labute approximate surface area is 164 Å². The van der Waals surface area contributed by atoms with Gasteiger partial charge in [0.25, 0.3) is 5.91 Å². The van der Waals surface area contributed by atoms with Crippen molar-refractivity contribution in [2.45, 2.75) is 39.7 Å². The zero-order valence-electron chi connectivity index (χ0n) is 16.1. The smallest absolute Gasteiger partial charge is 0.258 e. The summed E-state index contributed by atoms with van der Waals surface area (Å²) in [5.41, 5.74) is 4.09. The van der Waals surface area contributed by atoms with Gasteiger partial charge in [0.15, 0.2) is 6.61 Å². The van der Waals surface area contributed by atoms with Crippen molar-refractivity contribution in [2.24, 2.45) is 0 Å². The summed E-state index contributed by atoms with van der Waals surface area (Å²) < 4.78 is 10.8. The minimum atomic E-state index is 0.0209. The van der Waals surface area contributed by atoms with Crippen LogP contribution in [0.4, 0.5) is 5.69 Å². The van der Waals surface area contributed by atoms with E-state index in [1.54, 1.807) is 24.3 Å². The highest BCUT2D eigenvalue weighted by atomic mass is 16.5. The van der Waals surface area contributed by atoms with Crippen LogP contribution in [0.5, 0.6) is 5.75 Å². The van der Waals surface area contributed by atoms with E-state index in [1.807, 2.05) is 11.8 Å². The van der Waals surface area contributed by atoms with Gasteiger partial charge in [0.05, 0.1) is 5.69 Å². The summed E-state index contributed by atoms with van der Waals surface area (Å²) in [6.07, 6.45) is 2.69. The van der Waals surface area contributed by atoms with Gasteiger partial charge in [0.1, 0.15) is 5.75 Å². The monoisotopic (exact) mass is 377 g/mol. The number of ether oxygens (including phenoxy) is 1. The number of anilines is 1. The number of aryl methyl sites for hydroxylation is 3. The van der Waals surface area contributed by atoms with Crippen LogP contribution in [0.25, 0.3) is 0 Å². The molecule has 0 saturated carbocycles. The van der Waals surface area contributed by atoms with Crippen molar-refractivity contribution in [3.63, 3.8) is 0 Å². The SMILES string of the molecule is CCc1nc(COc2ccc(C(=O)N3CCCc4cccc(C)c43)cc2)no1. The van der Waals surface area contributed by atoms with Crippen molar-refractivity contribution < 1.29 is 14.1 Å². The van der Waals surface area contributed by atoms with Gasteiger partial charge in [-0.25, -0.2) is 0 Å². The first kappa shape index (κ1) is 18.2. The number of aromatic nitrogens is 2. The Morgan fingerprint density at radius 2 is 2.04 bits per heavy atom. The molecule has 6 heteroatoms. The molecule has 1 aromatic heterocycles. The van der Waals surface area contributed by atoms with E-state index in [9.17, 15) is 4.79 Å². The Morgan fingerprint density at radius 1 is 1.21 bits per heavy atom. The van der Waals surface area contributed by atoms with E-state index in [1.165, 1.54) is 5.56 Å². The van der Waals surface area contributed by atoms with Crippen LogP contribution in [-0.4, -0.2) is 22.6 Å². The van der Waals surface area contributed by atoms with Crippen LogP contribution >= 0.6 is 0 Å². The second-order valence-corrected chi connectivity index (χ2v) is 6.91. The van der Waals surface area contributed by atoms with Crippen LogP contribution in [0.3, 0.4) is 0 Å². The molecular formula is C22H23N3O3. The van der Waals surface area contributed by atoms with Crippen molar-refractivity contribution in [3.05, 3.63) is 70.9 Å². The lowest BCUT2D eigenvalue weighted by atomic mass is 9.97. The van der Waals surface area contributed by atoms with E-state index in [0.29, 0.717) is 29.4 Å². The minimum absolute atomic E-state index is 0.0209. The van der Waals surface area contributed by atoms with Crippen LogP contribution in [0.2, 0.25) is 0 Å². The molecule has 6 nitrogen and oxygen atoms in total. The van der Waals surface area contributed by atoms with Crippen LogP contribution in [-0.2, 0) is 19.4 Å². The molecule has 3 aromatic rings. The van der Waals surface area contributed by atoms with Crippen LogP contribution < -0.4 is 9.64 Å². The van der Waals surface area contributed by atoms with E-state index in [-0.39, 0.29) is 12.5 Å². The van der Waals surface area contributed by atoms with Gasteiger partial charge in [-0.1, -0.05) is 30.3 Å². The molecule has 2 aromatic carbocycles. The van der Waals surface area contributed by atoms with Crippen molar-refractivity contribution in [1.29, 1.82) is 0 Å². The second-order valence-electron chi connectivity index (χ2n) is 6.91. The largest absolute Gasteiger partial charge is 0.485 e. The van der Waals surface area contributed by atoms with Crippen molar-refractivity contribution in [2.75, 3.05) is 11.4 Å². The molecule has 1 aliphatic rings. The minimum Gasteiger partial charge on any atom is -0.485 e. The summed E-state index contributed by atoms with van der Waals surface area (Å²) >= 11 is 0. The highest BCUT2D eigenvalue weighted by Gasteiger charge is 2.24. The first-order valence-electron chi connectivity index (χ1n) is 9.60. The number of carbonyl (C=O) groups excluding carboxylic acids is 1. The van der Waals surface area contributed by atoms with Gasteiger partial charge >= 0.3 is 0 Å². The highest BCUT2D eigenvalue weighted by molar-refractivity contribution is 6.07. The number of benzene rings is 2. The molecule has 144 valence electrons. The molecule has 0 N–H and O–H groups in total. The van der Waals surface area contributed by atoms with Crippen LogP contribution in [0.1, 0.15) is 46.5 Å². The van der Waals surface area contributed by atoms with Crippen molar-refractivity contribution >= 4 is 11.6 Å². The fraction of sp³-hybridized carbons (Fsp3) is 0.318. The van der Waals surface area contributed by atoms with E-state index >= 15 is 0 Å². The van der Waals surface area contributed by atoms with E-state index in [4.69, 9.17) is 9.26 Å². The molecule has 2 heterocycles. The third kappa shape index (κ3) is 3.63. The normalized spacial score (nSPS) is 13.3. The molecule has 1 amide bonds. The summed E-state index contributed by atoms with van der Waals surface area (Å²) in [6, 6.07) is 13.4. The van der Waals surface area contributed by atoms with E-state index in [2.05, 4.69) is 35.3 Å². The number of hydrogen-bond donors (Lipinski definition) is 0. The number of rotatable bonds is 5. The summed E-state index contributed by atoms with van der Waals surface area (Å²) in [5, 5.41) is 3.87. The van der Waals surface area contributed by atoms with Gasteiger partial charge in [-0.2, -0.15) is 4.98 Å². The van der Waals surface area contributed by atoms with Crippen molar-refractivity contribution in [1.82, 2.24) is 10.1 Å². The average Bonchev–Trinajstić information content (AvgIpc) is 3.20. The number of fused-ring (bicyclic) bond motifs is 1. The number of hydrogen-bond acceptors (Lipinski definition) is 5. The Morgan fingerprint density at radius 3 is 2.79 bits per heavy atom. The lowest BCUT2D eigenvalue weighted by Crippen LogP contribution is -2.36. The van der Waals surface area contributed by atoms with Gasteiger partial charge in [0, 0.05) is 18.5 Å². The predicted octanol–water partition coefficient (Wildman–Crippen LogP) is 4.11. The Balaban J connectivity index is 1.46. The fourth-order valence-electron chi connectivity index (χ4n) is 3.54. The number of nitrogens with zero attached hydrogens (tertiary/aromatic N) is 3. The molecule has 4 rings (SSSR count). The summed E-state index contributed by atoms with van der Waals surface area (Å²) in [6.45, 7) is 4.99. The Kier molecular flexibility index (Phi) is 5.10. The molecule has 0 unspecified atom stereocenters. The maximum atomic E-state index is 13.1. The van der Waals surface area contributed by atoms with Gasteiger partial charge in [-0.3, -0.25) is 4.79 Å². The molecule has 0 fully saturated rings. The quantitative estimate of drug-likeness (QED) is 0.669. The molecule has 0 radical (unpaired) electrons. The molecule has 1 aliphatic heterocycles. The summed E-state index contributed by atoms with van der Waals surface area (Å²) in [7, 11) is 0. The molecule has 0 atom stereocenters.